The molecule has 3 aromatic rings. The third-order valence-corrected chi connectivity index (χ3v) is 4.19. The maximum Gasteiger partial charge on any atom is 0.305 e. The summed E-state index contributed by atoms with van der Waals surface area (Å²) in [5, 5.41) is 12.0. The SMILES string of the molecule is NC(=O)c1c(Cl)cccc1Cl.O=C(O)CCNc1nccc(-c2ccccc2)n1. The van der Waals surface area contributed by atoms with E-state index in [0.717, 1.165) is 11.3 Å². The largest absolute Gasteiger partial charge is 0.481 e. The quantitative estimate of drug-likeness (QED) is 0.538. The van der Waals surface area contributed by atoms with E-state index in [2.05, 4.69) is 15.3 Å². The minimum Gasteiger partial charge on any atom is -0.481 e. The van der Waals surface area contributed by atoms with Gasteiger partial charge >= 0.3 is 5.97 Å². The number of aromatic nitrogens is 2. The first-order valence-electron chi connectivity index (χ1n) is 8.46. The van der Waals surface area contributed by atoms with Crippen molar-refractivity contribution in [3.63, 3.8) is 0 Å². The Bertz CT molecular complexity index is 964. The van der Waals surface area contributed by atoms with Crippen molar-refractivity contribution in [3.05, 3.63) is 76.4 Å². The number of carbonyl (C=O) groups excluding carboxylic acids is 1. The fourth-order valence-electron chi connectivity index (χ4n) is 2.23. The highest BCUT2D eigenvalue weighted by molar-refractivity contribution is 6.39. The first kappa shape index (κ1) is 22.1. The number of hydrogen-bond acceptors (Lipinski definition) is 5. The van der Waals surface area contributed by atoms with Gasteiger partial charge in [0.15, 0.2) is 0 Å². The van der Waals surface area contributed by atoms with Gasteiger partial charge < -0.3 is 16.2 Å². The first-order valence-corrected chi connectivity index (χ1v) is 9.22. The molecule has 0 saturated heterocycles. The molecule has 29 heavy (non-hydrogen) atoms. The van der Waals surface area contributed by atoms with Crippen LogP contribution in [0.25, 0.3) is 11.3 Å². The molecule has 0 fully saturated rings. The highest BCUT2D eigenvalue weighted by Crippen LogP contribution is 2.23. The van der Waals surface area contributed by atoms with Gasteiger partial charge in [0.05, 0.1) is 27.7 Å². The fourth-order valence-corrected chi connectivity index (χ4v) is 2.81. The Morgan fingerprint density at radius 3 is 2.21 bits per heavy atom. The molecule has 0 aliphatic rings. The molecule has 0 atom stereocenters. The molecule has 0 saturated carbocycles. The molecular weight excluding hydrogens is 415 g/mol. The third kappa shape index (κ3) is 7.06. The lowest BCUT2D eigenvalue weighted by atomic mass is 10.1. The van der Waals surface area contributed by atoms with Crippen LogP contribution in [0.2, 0.25) is 10.0 Å². The number of carbonyl (C=O) groups is 2. The molecule has 1 amide bonds. The molecule has 1 aromatic heterocycles. The van der Waals surface area contributed by atoms with E-state index in [1.165, 1.54) is 0 Å². The summed E-state index contributed by atoms with van der Waals surface area (Å²) in [5.74, 6) is -1.01. The number of aliphatic carboxylic acids is 1. The van der Waals surface area contributed by atoms with Crippen LogP contribution in [0.3, 0.4) is 0 Å². The van der Waals surface area contributed by atoms with E-state index in [0.29, 0.717) is 12.5 Å². The number of carboxylic acids is 1. The van der Waals surface area contributed by atoms with E-state index in [1.54, 1.807) is 24.4 Å². The maximum absolute atomic E-state index is 10.7. The molecule has 150 valence electrons. The summed E-state index contributed by atoms with van der Waals surface area (Å²) >= 11 is 11.3. The number of nitrogens with one attached hydrogen (secondary N) is 1. The number of benzene rings is 2. The Hall–Kier alpha value is -3.16. The van der Waals surface area contributed by atoms with Crippen molar-refractivity contribution in [3.8, 4) is 11.3 Å². The number of anilines is 1. The number of rotatable bonds is 6. The zero-order chi connectivity index (χ0) is 21.2. The van der Waals surface area contributed by atoms with Crippen molar-refractivity contribution in [1.82, 2.24) is 9.97 Å². The maximum atomic E-state index is 10.7. The summed E-state index contributed by atoms with van der Waals surface area (Å²) in [6.07, 6.45) is 1.69. The number of hydrogen-bond donors (Lipinski definition) is 3. The van der Waals surface area contributed by atoms with Gasteiger partial charge in [0, 0.05) is 18.3 Å². The normalized spacial score (nSPS) is 9.86. The number of amides is 1. The van der Waals surface area contributed by atoms with Crippen LogP contribution in [0.15, 0.2) is 60.8 Å². The molecule has 0 bridgehead atoms. The predicted molar refractivity (Wildman–Crippen MR) is 113 cm³/mol. The summed E-state index contributed by atoms with van der Waals surface area (Å²) < 4.78 is 0. The standard InChI is InChI=1S/C13H13N3O2.C7H5Cl2NO/c17-12(18)7-9-15-13-14-8-6-11(16-13)10-4-2-1-3-5-10;8-4-2-1-3-5(9)6(4)7(10)11/h1-6,8H,7,9H2,(H,17,18)(H,14,15,16);1-3H,(H2,10,11). The average molecular weight is 433 g/mol. The van der Waals surface area contributed by atoms with E-state index in [-0.39, 0.29) is 22.0 Å². The van der Waals surface area contributed by atoms with E-state index in [4.69, 9.17) is 34.0 Å². The van der Waals surface area contributed by atoms with Crippen LogP contribution in [0.1, 0.15) is 16.8 Å². The van der Waals surface area contributed by atoms with Crippen molar-refractivity contribution in [2.24, 2.45) is 5.73 Å². The van der Waals surface area contributed by atoms with E-state index < -0.39 is 11.9 Å². The molecule has 4 N–H and O–H groups in total. The van der Waals surface area contributed by atoms with Crippen LogP contribution in [0.4, 0.5) is 5.95 Å². The number of primary amides is 1. The Labute approximate surface area is 177 Å². The minimum absolute atomic E-state index is 0.0406. The van der Waals surface area contributed by atoms with Crippen molar-refractivity contribution in [2.75, 3.05) is 11.9 Å². The van der Waals surface area contributed by atoms with Gasteiger partial charge in [-0.15, -0.1) is 0 Å². The van der Waals surface area contributed by atoms with Crippen LogP contribution in [0.5, 0.6) is 0 Å². The molecule has 2 aromatic carbocycles. The fraction of sp³-hybridized carbons (Fsp3) is 0.100. The van der Waals surface area contributed by atoms with Gasteiger partial charge in [-0.3, -0.25) is 9.59 Å². The monoisotopic (exact) mass is 432 g/mol. The van der Waals surface area contributed by atoms with Crippen LogP contribution in [0, 0.1) is 0 Å². The lowest BCUT2D eigenvalue weighted by Crippen LogP contribution is -2.12. The number of nitrogens with zero attached hydrogens (tertiary/aromatic N) is 2. The highest BCUT2D eigenvalue weighted by Gasteiger charge is 2.09. The van der Waals surface area contributed by atoms with Gasteiger partial charge in [-0.1, -0.05) is 59.6 Å². The lowest BCUT2D eigenvalue weighted by molar-refractivity contribution is -0.136. The van der Waals surface area contributed by atoms with E-state index >= 15 is 0 Å². The number of carboxylic acid groups (broad SMARTS) is 1. The van der Waals surface area contributed by atoms with Crippen molar-refractivity contribution in [2.45, 2.75) is 6.42 Å². The second-order valence-electron chi connectivity index (χ2n) is 5.66. The Kier molecular flexibility index (Phi) is 8.39. The van der Waals surface area contributed by atoms with Gasteiger partial charge in [0.2, 0.25) is 5.95 Å². The van der Waals surface area contributed by atoms with Crippen molar-refractivity contribution in [1.29, 1.82) is 0 Å². The van der Waals surface area contributed by atoms with Crippen LogP contribution in [-0.2, 0) is 4.79 Å². The molecule has 0 radical (unpaired) electrons. The molecule has 0 unspecified atom stereocenters. The molecule has 3 rings (SSSR count). The zero-order valence-corrected chi connectivity index (χ0v) is 16.7. The highest BCUT2D eigenvalue weighted by atomic mass is 35.5. The van der Waals surface area contributed by atoms with Crippen molar-refractivity contribution >= 4 is 41.0 Å². The van der Waals surface area contributed by atoms with Gasteiger partial charge in [-0.2, -0.15) is 0 Å². The summed E-state index contributed by atoms with van der Waals surface area (Å²) in [6, 6.07) is 16.3. The zero-order valence-electron chi connectivity index (χ0n) is 15.2. The third-order valence-electron chi connectivity index (χ3n) is 3.56. The molecule has 0 aliphatic carbocycles. The summed E-state index contributed by atoms with van der Waals surface area (Å²) in [5.41, 5.74) is 6.99. The van der Waals surface area contributed by atoms with Gasteiger partial charge in [0.25, 0.3) is 5.91 Å². The predicted octanol–water partition coefficient (Wildman–Crippen LogP) is 4.12. The van der Waals surface area contributed by atoms with Gasteiger partial charge in [0.1, 0.15) is 0 Å². The summed E-state index contributed by atoms with van der Waals surface area (Å²) in [6.45, 7) is 0.313. The second-order valence-corrected chi connectivity index (χ2v) is 6.48. The van der Waals surface area contributed by atoms with E-state index in [1.807, 2.05) is 36.4 Å². The minimum atomic E-state index is -0.846. The van der Waals surface area contributed by atoms with Gasteiger partial charge in [-0.25, -0.2) is 9.97 Å². The second kappa shape index (κ2) is 11.0. The molecule has 7 nitrogen and oxygen atoms in total. The summed E-state index contributed by atoms with van der Waals surface area (Å²) in [7, 11) is 0. The van der Waals surface area contributed by atoms with Crippen LogP contribution in [-0.4, -0.2) is 33.5 Å². The number of halogens is 2. The molecule has 0 spiro atoms. The molecular formula is C20H18Cl2N4O3. The Morgan fingerprint density at radius 2 is 1.66 bits per heavy atom. The lowest BCUT2D eigenvalue weighted by Gasteiger charge is -2.05. The molecule has 9 heteroatoms. The van der Waals surface area contributed by atoms with E-state index in [9.17, 15) is 9.59 Å². The van der Waals surface area contributed by atoms with Gasteiger partial charge in [-0.05, 0) is 18.2 Å². The first-order chi connectivity index (χ1) is 13.9. The smallest absolute Gasteiger partial charge is 0.305 e. The number of nitrogens with two attached hydrogens (primary N) is 1. The molecule has 0 aliphatic heterocycles. The van der Waals surface area contributed by atoms with Crippen LogP contribution >= 0.6 is 23.2 Å². The summed E-state index contributed by atoms with van der Waals surface area (Å²) in [4.78, 5) is 29.5. The van der Waals surface area contributed by atoms with Crippen LogP contribution < -0.4 is 11.1 Å². The Balaban J connectivity index is 0.000000234. The van der Waals surface area contributed by atoms with Crippen molar-refractivity contribution < 1.29 is 14.7 Å². The topological polar surface area (TPSA) is 118 Å². The molecule has 1 heterocycles. The average Bonchev–Trinajstić information content (AvgIpc) is 2.69. The Morgan fingerprint density at radius 1 is 1.00 bits per heavy atom.